The highest BCUT2D eigenvalue weighted by molar-refractivity contribution is 8.00. The molecule has 29 heavy (non-hydrogen) atoms. The van der Waals surface area contributed by atoms with E-state index in [1.54, 1.807) is 22.3 Å². The lowest BCUT2D eigenvalue weighted by Gasteiger charge is -2.14. The number of amides is 1. The van der Waals surface area contributed by atoms with Gasteiger partial charge < -0.3 is 5.32 Å². The van der Waals surface area contributed by atoms with Crippen LogP contribution in [0.4, 0.5) is 5.82 Å². The Morgan fingerprint density at radius 3 is 2.72 bits per heavy atom. The number of benzene rings is 1. The molecule has 4 rings (SSSR count). The number of carbonyl (C=O) groups is 1. The average molecular weight is 424 g/mol. The normalized spacial score (nSPS) is 11.7. The lowest BCUT2D eigenvalue weighted by atomic mass is 9.92. The molecule has 4 aromatic rings. The summed E-state index contributed by atoms with van der Waals surface area (Å²) in [6.45, 7) is 6.31. The molecule has 0 spiro atoms. The van der Waals surface area contributed by atoms with E-state index < -0.39 is 0 Å². The van der Waals surface area contributed by atoms with Crippen molar-refractivity contribution in [1.29, 1.82) is 0 Å². The molecule has 3 aromatic heterocycles. The third-order valence-corrected chi connectivity index (χ3v) is 6.14. The Morgan fingerprint density at radius 1 is 1.17 bits per heavy atom. The van der Waals surface area contributed by atoms with Crippen LogP contribution in [0, 0.1) is 0 Å². The van der Waals surface area contributed by atoms with E-state index in [-0.39, 0.29) is 17.1 Å². The Kier molecular flexibility index (Phi) is 5.38. The second-order valence-corrected chi connectivity index (χ2v) is 9.43. The number of anilines is 1. The summed E-state index contributed by atoms with van der Waals surface area (Å²) in [5.74, 6) is 0.817. The first-order valence-corrected chi connectivity index (χ1v) is 11.1. The summed E-state index contributed by atoms with van der Waals surface area (Å²) >= 11 is 2.98. The SMILES string of the molecule is CC(C)(C)c1cc(NC(=O)CSc2ncnc3sccc23)n(-c2ccccc2)n1. The van der Waals surface area contributed by atoms with E-state index in [4.69, 9.17) is 5.10 Å². The molecule has 0 fully saturated rings. The topological polar surface area (TPSA) is 72.7 Å². The van der Waals surface area contributed by atoms with Crippen molar-refractivity contribution < 1.29 is 4.79 Å². The van der Waals surface area contributed by atoms with Crippen molar-refractivity contribution in [3.8, 4) is 5.69 Å². The number of nitrogens with zero attached hydrogens (tertiary/aromatic N) is 4. The van der Waals surface area contributed by atoms with Gasteiger partial charge >= 0.3 is 0 Å². The van der Waals surface area contributed by atoms with E-state index in [1.165, 1.54) is 11.8 Å². The van der Waals surface area contributed by atoms with Gasteiger partial charge in [-0.2, -0.15) is 5.10 Å². The number of para-hydroxylation sites is 1. The number of rotatable bonds is 5. The fourth-order valence-electron chi connectivity index (χ4n) is 2.80. The lowest BCUT2D eigenvalue weighted by Crippen LogP contribution is -2.17. The first-order chi connectivity index (χ1) is 13.9. The molecule has 6 nitrogen and oxygen atoms in total. The summed E-state index contributed by atoms with van der Waals surface area (Å²) < 4.78 is 1.78. The zero-order valence-electron chi connectivity index (χ0n) is 16.4. The van der Waals surface area contributed by atoms with E-state index in [0.29, 0.717) is 5.82 Å². The standard InChI is InChI=1S/C21H21N5OS2/c1-21(2,3)16-11-17(26(25-16)14-7-5-4-6-8-14)24-18(27)12-29-20-15-9-10-28-19(15)22-13-23-20/h4-11,13H,12H2,1-3H3,(H,24,27). The molecule has 0 saturated carbocycles. The Bertz CT molecular complexity index is 1140. The number of thiophene rings is 1. The van der Waals surface area contributed by atoms with Gasteiger partial charge in [0.25, 0.3) is 0 Å². The van der Waals surface area contributed by atoms with Gasteiger partial charge in [-0.05, 0) is 23.6 Å². The van der Waals surface area contributed by atoms with Crippen molar-refractivity contribution in [3.63, 3.8) is 0 Å². The van der Waals surface area contributed by atoms with Gasteiger partial charge in [-0.3, -0.25) is 4.79 Å². The molecule has 148 valence electrons. The molecule has 0 radical (unpaired) electrons. The molecule has 0 unspecified atom stereocenters. The van der Waals surface area contributed by atoms with Crippen molar-refractivity contribution in [1.82, 2.24) is 19.7 Å². The highest BCUT2D eigenvalue weighted by Crippen LogP contribution is 2.29. The highest BCUT2D eigenvalue weighted by Gasteiger charge is 2.21. The monoisotopic (exact) mass is 423 g/mol. The fourth-order valence-corrected chi connectivity index (χ4v) is 4.38. The van der Waals surface area contributed by atoms with E-state index in [2.05, 4.69) is 36.1 Å². The molecule has 1 amide bonds. The summed E-state index contributed by atoms with van der Waals surface area (Å²) in [5.41, 5.74) is 1.70. The van der Waals surface area contributed by atoms with Crippen LogP contribution in [0.1, 0.15) is 26.5 Å². The molecular weight excluding hydrogens is 402 g/mol. The number of carbonyl (C=O) groups excluding carboxylic acids is 1. The smallest absolute Gasteiger partial charge is 0.235 e. The summed E-state index contributed by atoms with van der Waals surface area (Å²) in [6.07, 6.45) is 1.54. The van der Waals surface area contributed by atoms with Gasteiger partial charge in [0.05, 0.1) is 17.1 Å². The quantitative estimate of drug-likeness (QED) is 0.365. The van der Waals surface area contributed by atoms with Crippen LogP contribution in [0.3, 0.4) is 0 Å². The predicted octanol–water partition coefficient (Wildman–Crippen LogP) is 4.91. The second kappa shape index (κ2) is 7.96. The van der Waals surface area contributed by atoms with Gasteiger partial charge in [-0.1, -0.05) is 50.7 Å². The average Bonchev–Trinajstić information content (AvgIpc) is 3.34. The minimum absolute atomic E-state index is 0.102. The number of hydrogen-bond donors (Lipinski definition) is 1. The lowest BCUT2D eigenvalue weighted by molar-refractivity contribution is -0.113. The molecule has 0 atom stereocenters. The number of fused-ring (bicyclic) bond motifs is 1. The number of hydrogen-bond acceptors (Lipinski definition) is 6. The highest BCUT2D eigenvalue weighted by atomic mass is 32.2. The van der Waals surface area contributed by atoms with Crippen molar-refractivity contribution in [2.24, 2.45) is 0 Å². The van der Waals surface area contributed by atoms with Crippen LogP contribution in [0.25, 0.3) is 15.9 Å². The number of nitrogens with one attached hydrogen (secondary N) is 1. The Labute approximate surface area is 177 Å². The van der Waals surface area contributed by atoms with Gasteiger partial charge in [0.2, 0.25) is 5.91 Å². The van der Waals surface area contributed by atoms with Crippen LogP contribution in [-0.4, -0.2) is 31.4 Å². The van der Waals surface area contributed by atoms with Crippen LogP contribution >= 0.6 is 23.1 Å². The molecule has 1 N–H and O–H groups in total. The maximum atomic E-state index is 12.7. The predicted molar refractivity (Wildman–Crippen MR) is 119 cm³/mol. The molecule has 0 saturated heterocycles. The van der Waals surface area contributed by atoms with Crippen molar-refractivity contribution in [3.05, 3.63) is 59.9 Å². The van der Waals surface area contributed by atoms with E-state index >= 15 is 0 Å². The largest absolute Gasteiger partial charge is 0.310 e. The Morgan fingerprint density at radius 2 is 1.97 bits per heavy atom. The summed E-state index contributed by atoms with van der Waals surface area (Å²) in [5, 5.41) is 11.5. The molecule has 1 aromatic carbocycles. The van der Waals surface area contributed by atoms with Gasteiger partial charge in [0, 0.05) is 16.9 Å². The molecule has 0 bridgehead atoms. The van der Waals surface area contributed by atoms with Crippen molar-refractivity contribution >= 4 is 45.0 Å². The molecule has 8 heteroatoms. The Hall–Kier alpha value is -2.71. The van der Waals surface area contributed by atoms with Gasteiger partial charge in [-0.15, -0.1) is 11.3 Å². The third-order valence-electron chi connectivity index (χ3n) is 4.31. The molecule has 0 aliphatic carbocycles. The van der Waals surface area contributed by atoms with Gasteiger partial charge in [-0.25, -0.2) is 14.6 Å². The number of aromatic nitrogens is 4. The van der Waals surface area contributed by atoms with Gasteiger partial charge in [0.1, 0.15) is 22.0 Å². The zero-order valence-corrected chi connectivity index (χ0v) is 18.0. The minimum atomic E-state index is -0.125. The van der Waals surface area contributed by atoms with Crippen LogP contribution in [0.5, 0.6) is 0 Å². The molecule has 0 aliphatic heterocycles. The van der Waals surface area contributed by atoms with Crippen LogP contribution < -0.4 is 5.32 Å². The maximum absolute atomic E-state index is 12.7. The first kappa shape index (κ1) is 19.6. The van der Waals surface area contributed by atoms with E-state index in [1.807, 2.05) is 47.8 Å². The summed E-state index contributed by atoms with van der Waals surface area (Å²) in [6, 6.07) is 13.7. The second-order valence-electron chi connectivity index (χ2n) is 7.57. The van der Waals surface area contributed by atoms with E-state index in [0.717, 1.165) is 26.6 Å². The first-order valence-electron chi connectivity index (χ1n) is 9.18. The van der Waals surface area contributed by atoms with Crippen molar-refractivity contribution in [2.45, 2.75) is 31.2 Å². The molecule has 3 heterocycles. The summed E-state index contributed by atoms with van der Waals surface area (Å²) in [7, 11) is 0. The fraction of sp³-hybridized carbons (Fsp3) is 0.238. The molecular formula is C21H21N5OS2. The van der Waals surface area contributed by atoms with Crippen LogP contribution in [-0.2, 0) is 10.2 Å². The number of thioether (sulfide) groups is 1. The Balaban J connectivity index is 1.54. The third kappa shape index (κ3) is 4.33. The van der Waals surface area contributed by atoms with E-state index in [9.17, 15) is 4.79 Å². The van der Waals surface area contributed by atoms with Crippen LogP contribution in [0.15, 0.2) is 59.2 Å². The van der Waals surface area contributed by atoms with Crippen molar-refractivity contribution in [2.75, 3.05) is 11.1 Å². The maximum Gasteiger partial charge on any atom is 0.235 e. The summed E-state index contributed by atoms with van der Waals surface area (Å²) in [4.78, 5) is 22.2. The zero-order chi connectivity index (χ0) is 20.4. The minimum Gasteiger partial charge on any atom is -0.310 e. The van der Waals surface area contributed by atoms with Crippen LogP contribution in [0.2, 0.25) is 0 Å². The molecule has 0 aliphatic rings. The van der Waals surface area contributed by atoms with Gasteiger partial charge in [0.15, 0.2) is 0 Å².